The van der Waals surface area contributed by atoms with E-state index in [0.29, 0.717) is 5.56 Å². The van der Waals surface area contributed by atoms with Crippen LogP contribution in [0.1, 0.15) is 42.9 Å². The number of hydrogen-bond donors (Lipinski definition) is 1. The summed E-state index contributed by atoms with van der Waals surface area (Å²) in [6.45, 7) is 4.69. The molecule has 1 amide bonds. The van der Waals surface area contributed by atoms with E-state index in [4.69, 9.17) is 0 Å². The molecule has 2 aromatic rings. The molecule has 1 fully saturated rings. The molecule has 0 aliphatic carbocycles. The van der Waals surface area contributed by atoms with Crippen LogP contribution in [0.15, 0.2) is 54.6 Å². The van der Waals surface area contributed by atoms with Crippen LogP contribution in [0, 0.1) is 5.82 Å². The van der Waals surface area contributed by atoms with Gasteiger partial charge in [0.25, 0.3) is 0 Å². The highest BCUT2D eigenvalue weighted by Crippen LogP contribution is 2.22. The van der Waals surface area contributed by atoms with Crippen LogP contribution >= 0.6 is 0 Å². The maximum atomic E-state index is 14.0. The number of amides is 1. The van der Waals surface area contributed by atoms with E-state index in [-0.39, 0.29) is 17.8 Å². The van der Waals surface area contributed by atoms with E-state index < -0.39 is 5.92 Å². The molecule has 0 bridgehead atoms. The third-order valence-electron chi connectivity index (χ3n) is 4.92. The van der Waals surface area contributed by atoms with E-state index in [0.717, 1.165) is 25.2 Å². The molecule has 132 valence electrons. The Bertz CT molecular complexity index is 698. The van der Waals surface area contributed by atoms with Gasteiger partial charge in [0, 0.05) is 6.54 Å². The summed E-state index contributed by atoms with van der Waals surface area (Å²) < 4.78 is 14.0. The molecule has 0 radical (unpaired) electrons. The summed E-state index contributed by atoms with van der Waals surface area (Å²) in [6, 6.07) is 16.4. The summed E-state index contributed by atoms with van der Waals surface area (Å²) >= 11 is 0. The van der Waals surface area contributed by atoms with Crippen LogP contribution in [0.3, 0.4) is 0 Å². The molecular weight excluding hydrogens is 315 g/mol. The van der Waals surface area contributed by atoms with Crippen LogP contribution in [-0.4, -0.2) is 30.4 Å². The maximum Gasteiger partial charge on any atom is 0.227 e. The Morgan fingerprint density at radius 1 is 1.08 bits per heavy atom. The molecule has 1 aliphatic heterocycles. The molecule has 1 heterocycles. The van der Waals surface area contributed by atoms with E-state index >= 15 is 0 Å². The normalized spacial score (nSPS) is 17.2. The molecule has 2 aromatic carbocycles. The molecule has 2 atom stereocenters. The fourth-order valence-electron chi connectivity index (χ4n) is 3.41. The number of carbonyl (C=O) groups is 1. The molecular formula is C21H25FN2O. The first-order chi connectivity index (χ1) is 12.1. The van der Waals surface area contributed by atoms with E-state index in [1.54, 1.807) is 25.1 Å². The van der Waals surface area contributed by atoms with Crippen molar-refractivity contribution in [2.24, 2.45) is 0 Å². The number of carbonyl (C=O) groups excluding carboxylic acids is 1. The second-order valence-corrected chi connectivity index (χ2v) is 6.72. The number of likely N-dealkylation sites (tertiary alicyclic amines) is 1. The third-order valence-corrected chi connectivity index (χ3v) is 4.92. The minimum absolute atomic E-state index is 0.0824. The van der Waals surface area contributed by atoms with Crippen LogP contribution in [0.5, 0.6) is 0 Å². The first-order valence-corrected chi connectivity index (χ1v) is 8.97. The molecule has 1 N–H and O–H groups in total. The first-order valence-electron chi connectivity index (χ1n) is 8.97. The molecule has 0 aromatic heterocycles. The number of rotatable bonds is 6. The SMILES string of the molecule is CC(C(=O)N[C@H](CN1CCCC1)c1ccccc1)c1ccccc1F. The number of benzene rings is 2. The summed E-state index contributed by atoms with van der Waals surface area (Å²) in [6.07, 6.45) is 2.42. The van der Waals surface area contributed by atoms with Gasteiger partial charge in [-0.15, -0.1) is 0 Å². The zero-order chi connectivity index (χ0) is 17.6. The van der Waals surface area contributed by atoms with Gasteiger partial charge in [0.1, 0.15) is 5.82 Å². The Balaban J connectivity index is 1.74. The van der Waals surface area contributed by atoms with Gasteiger partial charge in [-0.05, 0) is 50.0 Å². The van der Waals surface area contributed by atoms with E-state index in [9.17, 15) is 9.18 Å². The van der Waals surface area contributed by atoms with Gasteiger partial charge >= 0.3 is 0 Å². The smallest absolute Gasteiger partial charge is 0.227 e. The van der Waals surface area contributed by atoms with Crippen molar-refractivity contribution in [3.8, 4) is 0 Å². The third kappa shape index (κ3) is 4.45. The number of nitrogens with zero attached hydrogens (tertiary/aromatic N) is 1. The van der Waals surface area contributed by atoms with E-state index in [1.165, 1.54) is 18.9 Å². The van der Waals surface area contributed by atoms with Crippen LogP contribution in [0.25, 0.3) is 0 Å². The van der Waals surface area contributed by atoms with Crippen molar-refractivity contribution in [3.05, 3.63) is 71.5 Å². The van der Waals surface area contributed by atoms with Crippen molar-refractivity contribution in [3.63, 3.8) is 0 Å². The number of hydrogen-bond acceptors (Lipinski definition) is 2. The average Bonchev–Trinajstić information content (AvgIpc) is 3.15. The van der Waals surface area contributed by atoms with Crippen molar-refractivity contribution in [1.82, 2.24) is 10.2 Å². The Morgan fingerprint density at radius 2 is 1.72 bits per heavy atom. The predicted octanol–water partition coefficient (Wildman–Crippen LogP) is 3.88. The standard InChI is InChI=1S/C21H25FN2O/c1-16(18-11-5-6-12-19(18)22)21(25)23-20(15-24-13-7-8-14-24)17-9-3-2-4-10-17/h2-6,9-12,16,20H,7-8,13-15H2,1H3,(H,23,25)/t16?,20-/m1/s1. The topological polar surface area (TPSA) is 32.3 Å². The van der Waals surface area contributed by atoms with Gasteiger partial charge in [-0.3, -0.25) is 4.79 Å². The van der Waals surface area contributed by atoms with Crippen LogP contribution < -0.4 is 5.32 Å². The zero-order valence-corrected chi connectivity index (χ0v) is 14.6. The number of nitrogens with one attached hydrogen (secondary N) is 1. The minimum Gasteiger partial charge on any atom is -0.347 e. The van der Waals surface area contributed by atoms with Gasteiger partial charge < -0.3 is 10.2 Å². The molecule has 3 rings (SSSR count). The summed E-state index contributed by atoms with van der Waals surface area (Å²) in [5.74, 6) is -0.995. The van der Waals surface area contributed by atoms with Gasteiger partial charge in [0.2, 0.25) is 5.91 Å². The summed E-state index contributed by atoms with van der Waals surface area (Å²) in [5, 5.41) is 3.14. The lowest BCUT2D eigenvalue weighted by Crippen LogP contribution is -2.38. The van der Waals surface area contributed by atoms with E-state index in [1.807, 2.05) is 30.3 Å². The molecule has 1 saturated heterocycles. The van der Waals surface area contributed by atoms with Gasteiger partial charge in [-0.25, -0.2) is 4.39 Å². The summed E-state index contributed by atoms with van der Waals surface area (Å²) in [5.41, 5.74) is 1.52. The second-order valence-electron chi connectivity index (χ2n) is 6.72. The average molecular weight is 340 g/mol. The lowest BCUT2D eigenvalue weighted by Gasteiger charge is -2.26. The monoisotopic (exact) mass is 340 g/mol. The van der Waals surface area contributed by atoms with Gasteiger partial charge in [-0.2, -0.15) is 0 Å². The van der Waals surface area contributed by atoms with E-state index in [2.05, 4.69) is 10.2 Å². The quantitative estimate of drug-likeness (QED) is 0.865. The molecule has 0 saturated carbocycles. The van der Waals surface area contributed by atoms with Crippen LogP contribution in [0.4, 0.5) is 4.39 Å². The molecule has 25 heavy (non-hydrogen) atoms. The van der Waals surface area contributed by atoms with Crippen molar-refractivity contribution >= 4 is 5.91 Å². The summed E-state index contributed by atoms with van der Waals surface area (Å²) in [7, 11) is 0. The largest absolute Gasteiger partial charge is 0.347 e. The molecule has 3 nitrogen and oxygen atoms in total. The van der Waals surface area contributed by atoms with Gasteiger partial charge in [-0.1, -0.05) is 48.5 Å². The van der Waals surface area contributed by atoms with Gasteiger partial charge in [0.05, 0.1) is 12.0 Å². The van der Waals surface area contributed by atoms with Crippen molar-refractivity contribution in [1.29, 1.82) is 0 Å². The van der Waals surface area contributed by atoms with Crippen molar-refractivity contribution < 1.29 is 9.18 Å². The Hall–Kier alpha value is -2.20. The molecule has 0 spiro atoms. The Kier molecular flexibility index (Phi) is 5.82. The van der Waals surface area contributed by atoms with Crippen molar-refractivity contribution in [2.45, 2.75) is 31.7 Å². The molecule has 1 aliphatic rings. The first kappa shape index (κ1) is 17.6. The minimum atomic E-state index is -0.522. The predicted molar refractivity (Wildman–Crippen MR) is 97.8 cm³/mol. The maximum absolute atomic E-state index is 14.0. The lowest BCUT2D eigenvalue weighted by molar-refractivity contribution is -0.123. The van der Waals surface area contributed by atoms with Gasteiger partial charge in [0.15, 0.2) is 0 Å². The fourth-order valence-corrected chi connectivity index (χ4v) is 3.41. The lowest BCUT2D eigenvalue weighted by atomic mass is 9.98. The highest BCUT2D eigenvalue weighted by Gasteiger charge is 2.24. The fraction of sp³-hybridized carbons (Fsp3) is 0.381. The Morgan fingerprint density at radius 3 is 2.40 bits per heavy atom. The number of halogens is 1. The molecule has 1 unspecified atom stereocenters. The highest BCUT2D eigenvalue weighted by atomic mass is 19.1. The highest BCUT2D eigenvalue weighted by molar-refractivity contribution is 5.83. The summed E-state index contributed by atoms with van der Waals surface area (Å²) in [4.78, 5) is 15.1. The van der Waals surface area contributed by atoms with Crippen LogP contribution in [-0.2, 0) is 4.79 Å². The Labute approximate surface area is 148 Å². The second kappa shape index (κ2) is 8.26. The molecule has 4 heteroatoms. The zero-order valence-electron chi connectivity index (χ0n) is 14.6. The van der Waals surface area contributed by atoms with Crippen LogP contribution in [0.2, 0.25) is 0 Å². The van der Waals surface area contributed by atoms with Crippen molar-refractivity contribution in [2.75, 3.05) is 19.6 Å².